The number of thiazole rings is 1. The van der Waals surface area contributed by atoms with Crippen molar-refractivity contribution in [2.24, 2.45) is 5.92 Å². The number of nitrogens with zero attached hydrogens (tertiary/aromatic N) is 2. The highest BCUT2D eigenvalue weighted by Gasteiger charge is 2.36. The number of aromatic nitrogens is 1. The van der Waals surface area contributed by atoms with Crippen LogP contribution in [0.4, 0.5) is 5.13 Å². The van der Waals surface area contributed by atoms with E-state index in [4.69, 9.17) is 5.11 Å². The number of hydrogen-bond acceptors (Lipinski definition) is 5. The maximum absolute atomic E-state index is 11.8. The van der Waals surface area contributed by atoms with E-state index in [1.165, 1.54) is 11.3 Å². The minimum atomic E-state index is -0.787. The molecule has 18 heavy (non-hydrogen) atoms. The first-order chi connectivity index (χ1) is 8.58. The molecule has 2 atom stereocenters. The van der Waals surface area contributed by atoms with Crippen molar-refractivity contribution < 1.29 is 14.7 Å². The van der Waals surface area contributed by atoms with Gasteiger partial charge in [0.2, 0.25) is 5.91 Å². The van der Waals surface area contributed by atoms with Crippen LogP contribution < -0.4 is 5.32 Å². The Kier molecular flexibility index (Phi) is 3.93. The number of nitrogens with one attached hydrogen (secondary N) is 1. The molecule has 7 heteroatoms. The summed E-state index contributed by atoms with van der Waals surface area (Å²) in [5, 5.41) is 14.1. The first-order valence-corrected chi connectivity index (χ1v) is 6.62. The lowest BCUT2D eigenvalue weighted by Gasteiger charge is -2.21. The van der Waals surface area contributed by atoms with Crippen molar-refractivity contribution in [2.45, 2.75) is 19.4 Å². The summed E-state index contributed by atoms with van der Waals surface area (Å²) in [6.45, 7) is 2.70. The van der Waals surface area contributed by atoms with Crippen molar-refractivity contribution in [3.8, 4) is 0 Å². The Labute approximate surface area is 109 Å². The van der Waals surface area contributed by atoms with Crippen LogP contribution in [-0.2, 0) is 9.59 Å². The van der Waals surface area contributed by atoms with Crippen LogP contribution in [0.5, 0.6) is 0 Å². The Morgan fingerprint density at radius 3 is 3.00 bits per heavy atom. The van der Waals surface area contributed by atoms with E-state index in [1.54, 1.807) is 11.6 Å². The molecule has 98 valence electrons. The molecule has 0 bridgehead atoms. The minimum absolute atomic E-state index is 0.107. The number of carboxylic acid groups (broad SMARTS) is 1. The molecule has 1 aromatic heterocycles. The monoisotopic (exact) mass is 269 g/mol. The van der Waals surface area contributed by atoms with Crippen LogP contribution >= 0.6 is 11.3 Å². The second kappa shape index (κ2) is 5.45. The molecule has 2 unspecified atom stereocenters. The third-order valence-corrected chi connectivity index (χ3v) is 3.92. The third kappa shape index (κ3) is 2.85. The number of carbonyl (C=O) groups is 2. The molecule has 1 fully saturated rings. The lowest BCUT2D eigenvalue weighted by Crippen LogP contribution is -2.38. The van der Waals surface area contributed by atoms with E-state index in [0.717, 1.165) is 0 Å². The Morgan fingerprint density at radius 2 is 2.44 bits per heavy atom. The van der Waals surface area contributed by atoms with E-state index in [0.29, 0.717) is 18.1 Å². The lowest BCUT2D eigenvalue weighted by molar-refractivity contribution is -0.142. The topological polar surface area (TPSA) is 82.5 Å². The van der Waals surface area contributed by atoms with Gasteiger partial charge in [-0.2, -0.15) is 0 Å². The highest BCUT2D eigenvalue weighted by atomic mass is 32.1. The largest absolute Gasteiger partial charge is 0.481 e. The van der Waals surface area contributed by atoms with Crippen LogP contribution in [-0.4, -0.2) is 46.0 Å². The molecule has 1 aromatic rings. The number of amides is 1. The molecular formula is C11H15N3O3S. The number of hydrogen-bond donors (Lipinski definition) is 2. The zero-order valence-electron chi connectivity index (χ0n) is 10.00. The summed E-state index contributed by atoms with van der Waals surface area (Å²) in [4.78, 5) is 28.6. The predicted octanol–water partition coefficient (Wildman–Crippen LogP) is 0.877. The number of rotatable bonds is 4. The lowest BCUT2D eigenvalue weighted by atomic mass is 10.0. The van der Waals surface area contributed by atoms with E-state index in [2.05, 4.69) is 10.3 Å². The van der Waals surface area contributed by atoms with Gasteiger partial charge in [0.25, 0.3) is 0 Å². The van der Waals surface area contributed by atoms with E-state index in [1.807, 2.05) is 11.8 Å². The summed E-state index contributed by atoms with van der Waals surface area (Å²) in [5.74, 6) is -1.31. The van der Waals surface area contributed by atoms with E-state index in [-0.39, 0.29) is 24.4 Å². The molecule has 2 rings (SSSR count). The molecule has 1 amide bonds. The number of anilines is 1. The summed E-state index contributed by atoms with van der Waals surface area (Å²) in [5.41, 5.74) is 0. The van der Waals surface area contributed by atoms with Crippen LogP contribution in [0.3, 0.4) is 0 Å². The molecule has 1 aliphatic heterocycles. The molecule has 0 saturated carbocycles. The van der Waals surface area contributed by atoms with E-state index >= 15 is 0 Å². The molecule has 2 heterocycles. The number of likely N-dealkylation sites (tertiary alicyclic amines) is 1. The fourth-order valence-corrected chi connectivity index (χ4v) is 2.73. The highest BCUT2D eigenvalue weighted by Crippen LogP contribution is 2.24. The molecule has 0 spiro atoms. The van der Waals surface area contributed by atoms with Crippen molar-refractivity contribution in [1.29, 1.82) is 0 Å². The van der Waals surface area contributed by atoms with Gasteiger partial charge in [0.1, 0.15) is 0 Å². The fraction of sp³-hybridized carbons (Fsp3) is 0.545. The maximum Gasteiger partial charge on any atom is 0.308 e. The van der Waals surface area contributed by atoms with Gasteiger partial charge in [-0.1, -0.05) is 0 Å². The van der Waals surface area contributed by atoms with Crippen molar-refractivity contribution >= 4 is 28.3 Å². The number of aliphatic carboxylic acids is 1. The summed E-state index contributed by atoms with van der Waals surface area (Å²) < 4.78 is 0. The average Bonchev–Trinajstić information content (AvgIpc) is 2.90. The molecular weight excluding hydrogens is 254 g/mol. The van der Waals surface area contributed by atoms with Gasteiger partial charge in [-0.05, 0) is 19.9 Å². The van der Waals surface area contributed by atoms with Crippen molar-refractivity contribution in [1.82, 2.24) is 9.88 Å². The Morgan fingerprint density at radius 1 is 1.67 bits per heavy atom. The van der Waals surface area contributed by atoms with Gasteiger partial charge in [-0.15, -0.1) is 11.3 Å². The van der Waals surface area contributed by atoms with Crippen LogP contribution in [0.2, 0.25) is 0 Å². The summed E-state index contributed by atoms with van der Waals surface area (Å²) in [6.07, 6.45) is 2.22. The summed E-state index contributed by atoms with van der Waals surface area (Å²) in [7, 11) is 0. The zero-order valence-corrected chi connectivity index (χ0v) is 10.8. The van der Waals surface area contributed by atoms with Gasteiger partial charge in [0.05, 0.1) is 12.5 Å². The van der Waals surface area contributed by atoms with Crippen LogP contribution in [0.15, 0.2) is 11.6 Å². The van der Waals surface area contributed by atoms with Crippen molar-refractivity contribution in [2.75, 3.05) is 18.4 Å². The van der Waals surface area contributed by atoms with Crippen LogP contribution in [0.1, 0.15) is 13.3 Å². The zero-order chi connectivity index (χ0) is 13.1. The van der Waals surface area contributed by atoms with Gasteiger partial charge < -0.3 is 10.4 Å². The molecule has 0 aliphatic carbocycles. The maximum atomic E-state index is 11.8. The molecule has 6 nitrogen and oxygen atoms in total. The van der Waals surface area contributed by atoms with Crippen LogP contribution in [0.25, 0.3) is 0 Å². The second-order valence-electron chi connectivity index (χ2n) is 4.33. The van der Waals surface area contributed by atoms with Crippen molar-refractivity contribution in [3.05, 3.63) is 11.6 Å². The summed E-state index contributed by atoms with van der Waals surface area (Å²) >= 11 is 1.36. The number of carboxylic acids is 1. The van der Waals surface area contributed by atoms with Gasteiger partial charge in [-0.25, -0.2) is 4.98 Å². The van der Waals surface area contributed by atoms with Crippen LogP contribution in [0, 0.1) is 5.92 Å². The Balaban J connectivity index is 1.87. The summed E-state index contributed by atoms with van der Waals surface area (Å²) in [6, 6.07) is -0.107. The smallest absolute Gasteiger partial charge is 0.308 e. The quantitative estimate of drug-likeness (QED) is 0.847. The van der Waals surface area contributed by atoms with E-state index in [9.17, 15) is 9.59 Å². The molecule has 1 saturated heterocycles. The minimum Gasteiger partial charge on any atom is -0.481 e. The van der Waals surface area contributed by atoms with Gasteiger partial charge in [0, 0.05) is 17.6 Å². The third-order valence-electron chi connectivity index (χ3n) is 3.23. The average molecular weight is 269 g/mol. The fourth-order valence-electron chi connectivity index (χ4n) is 2.19. The highest BCUT2D eigenvalue weighted by molar-refractivity contribution is 7.13. The first kappa shape index (κ1) is 13.0. The van der Waals surface area contributed by atoms with Gasteiger partial charge >= 0.3 is 5.97 Å². The van der Waals surface area contributed by atoms with Crippen molar-refractivity contribution in [3.63, 3.8) is 0 Å². The molecule has 0 radical (unpaired) electrons. The number of carbonyl (C=O) groups excluding carboxylic acids is 1. The molecule has 0 aromatic carbocycles. The van der Waals surface area contributed by atoms with Gasteiger partial charge in [-0.3, -0.25) is 14.5 Å². The molecule has 1 aliphatic rings. The normalized spacial score (nSPS) is 24.1. The molecule has 2 N–H and O–H groups in total. The standard InChI is InChI=1S/C11H15N3O3S/c1-7-8(10(16)17)2-4-14(7)6-9(15)13-11-12-3-5-18-11/h3,5,7-8H,2,4,6H2,1H3,(H,16,17)(H,12,13,15). The second-order valence-corrected chi connectivity index (χ2v) is 5.22. The first-order valence-electron chi connectivity index (χ1n) is 5.74. The van der Waals surface area contributed by atoms with Gasteiger partial charge in [0.15, 0.2) is 5.13 Å². The Hall–Kier alpha value is -1.47. The SMILES string of the molecule is CC1C(C(=O)O)CCN1CC(=O)Nc1nccs1. The van der Waals surface area contributed by atoms with E-state index < -0.39 is 5.97 Å². The Bertz CT molecular complexity index is 435. The predicted molar refractivity (Wildman–Crippen MR) is 67.5 cm³/mol.